The van der Waals surface area contributed by atoms with Gasteiger partial charge in [0.25, 0.3) is 5.91 Å². The molecule has 0 aliphatic heterocycles. The molecule has 2 nitrogen and oxygen atoms in total. The Labute approximate surface area is 121 Å². The monoisotopic (exact) mass is 305 g/mol. The molecule has 0 aliphatic carbocycles. The molecule has 1 aromatic rings. The summed E-state index contributed by atoms with van der Waals surface area (Å²) < 4.78 is 51.3. The molecule has 0 saturated carbocycles. The smallest absolute Gasteiger partial charge is 0.349 e. The molecule has 1 unspecified atom stereocenters. The maximum atomic E-state index is 13.5. The maximum absolute atomic E-state index is 13.5. The van der Waals surface area contributed by atoms with E-state index in [1.54, 1.807) is 6.92 Å². The van der Waals surface area contributed by atoms with E-state index in [-0.39, 0.29) is 6.04 Å². The predicted octanol–water partition coefficient (Wildman–Crippen LogP) is 4.40. The lowest BCUT2D eigenvalue weighted by Gasteiger charge is -2.16. The van der Waals surface area contributed by atoms with Crippen molar-refractivity contribution in [2.75, 3.05) is 0 Å². The number of rotatable bonds is 5. The first-order valence-electron chi connectivity index (χ1n) is 6.79. The number of hydrogen-bond donors (Lipinski definition) is 1. The fraction of sp³-hybridized carbons (Fsp3) is 0.533. The molecule has 1 N–H and O–H groups in total. The molecule has 6 heteroatoms. The fourth-order valence-corrected chi connectivity index (χ4v) is 1.83. The van der Waals surface area contributed by atoms with Crippen LogP contribution in [0.4, 0.5) is 17.6 Å². The van der Waals surface area contributed by atoms with Crippen LogP contribution < -0.4 is 5.32 Å². The van der Waals surface area contributed by atoms with Crippen LogP contribution in [-0.2, 0) is 6.18 Å². The van der Waals surface area contributed by atoms with Crippen LogP contribution in [-0.4, -0.2) is 11.9 Å². The number of hydrogen-bond acceptors (Lipinski definition) is 1. The Balaban J connectivity index is 2.82. The third kappa shape index (κ3) is 5.36. The average molecular weight is 305 g/mol. The van der Waals surface area contributed by atoms with Gasteiger partial charge in [-0.15, -0.1) is 0 Å². The van der Waals surface area contributed by atoms with Gasteiger partial charge in [0.15, 0.2) is 0 Å². The molecular formula is C15H19F4NO. The lowest BCUT2D eigenvalue weighted by Crippen LogP contribution is -2.33. The molecule has 21 heavy (non-hydrogen) atoms. The van der Waals surface area contributed by atoms with E-state index in [0.717, 1.165) is 6.42 Å². The molecule has 1 atom stereocenters. The molecule has 118 valence electrons. The van der Waals surface area contributed by atoms with Crippen molar-refractivity contribution in [3.05, 3.63) is 35.1 Å². The minimum atomic E-state index is -4.61. The van der Waals surface area contributed by atoms with Crippen LogP contribution in [0.3, 0.4) is 0 Å². The average Bonchev–Trinajstić information content (AvgIpc) is 2.35. The molecule has 0 saturated heterocycles. The number of amides is 1. The molecule has 1 amide bonds. The van der Waals surface area contributed by atoms with Gasteiger partial charge in [0.1, 0.15) is 5.82 Å². The van der Waals surface area contributed by atoms with Crippen molar-refractivity contribution >= 4 is 5.91 Å². The minimum absolute atomic E-state index is 0.228. The van der Waals surface area contributed by atoms with Crippen molar-refractivity contribution in [3.8, 4) is 0 Å². The Hall–Kier alpha value is -1.59. The van der Waals surface area contributed by atoms with Crippen molar-refractivity contribution in [1.29, 1.82) is 0 Å². The van der Waals surface area contributed by atoms with Crippen LogP contribution in [0.2, 0.25) is 0 Å². The zero-order chi connectivity index (χ0) is 16.2. The van der Waals surface area contributed by atoms with E-state index >= 15 is 0 Å². The quantitative estimate of drug-likeness (QED) is 0.803. The molecule has 0 fully saturated rings. The zero-order valence-electron chi connectivity index (χ0n) is 12.2. The van der Waals surface area contributed by atoms with Gasteiger partial charge in [0, 0.05) is 6.04 Å². The van der Waals surface area contributed by atoms with Crippen molar-refractivity contribution in [2.45, 2.75) is 45.8 Å². The summed E-state index contributed by atoms with van der Waals surface area (Å²) in [6, 6.07) is 1.60. The lowest BCUT2D eigenvalue weighted by atomic mass is 10.0. The number of nitrogens with one attached hydrogen (secondary N) is 1. The Morgan fingerprint density at radius 3 is 2.33 bits per heavy atom. The van der Waals surface area contributed by atoms with Gasteiger partial charge in [-0.25, -0.2) is 4.39 Å². The van der Waals surface area contributed by atoms with E-state index in [1.807, 2.05) is 13.8 Å². The van der Waals surface area contributed by atoms with E-state index in [4.69, 9.17) is 0 Å². The summed E-state index contributed by atoms with van der Waals surface area (Å²) in [7, 11) is 0. The second kappa shape index (κ2) is 6.91. The summed E-state index contributed by atoms with van der Waals surface area (Å²) in [6.07, 6.45) is -3.05. The summed E-state index contributed by atoms with van der Waals surface area (Å²) in [6.45, 7) is 5.80. The van der Waals surface area contributed by atoms with Gasteiger partial charge in [0.2, 0.25) is 0 Å². The predicted molar refractivity (Wildman–Crippen MR) is 72.4 cm³/mol. The van der Waals surface area contributed by atoms with Crippen LogP contribution in [0.15, 0.2) is 18.2 Å². The summed E-state index contributed by atoms with van der Waals surface area (Å²) in [5.74, 6) is -1.33. The second-order valence-electron chi connectivity index (χ2n) is 5.54. The van der Waals surface area contributed by atoms with Gasteiger partial charge in [-0.3, -0.25) is 4.79 Å². The highest BCUT2D eigenvalue weighted by molar-refractivity contribution is 5.94. The summed E-state index contributed by atoms with van der Waals surface area (Å²) >= 11 is 0. The third-order valence-electron chi connectivity index (χ3n) is 3.09. The Morgan fingerprint density at radius 2 is 1.81 bits per heavy atom. The van der Waals surface area contributed by atoms with Crippen molar-refractivity contribution in [1.82, 2.24) is 5.32 Å². The molecule has 1 rings (SSSR count). The number of benzene rings is 1. The maximum Gasteiger partial charge on any atom is 0.416 e. The highest BCUT2D eigenvalue weighted by atomic mass is 19.4. The van der Waals surface area contributed by atoms with Crippen LogP contribution in [0.1, 0.15) is 49.5 Å². The van der Waals surface area contributed by atoms with Crippen LogP contribution >= 0.6 is 0 Å². The van der Waals surface area contributed by atoms with Gasteiger partial charge in [0.05, 0.1) is 11.1 Å². The highest BCUT2D eigenvalue weighted by Gasteiger charge is 2.32. The first kappa shape index (κ1) is 17.5. The molecule has 0 aromatic heterocycles. The fourth-order valence-electron chi connectivity index (χ4n) is 1.83. The number of carbonyl (C=O) groups excluding carboxylic acids is 1. The van der Waals surface area contributed by atoms with Gasteiger partial charge in [-0.1, -0.05) is 13.8 Å². The first-order chi connectivity index (χ1) is 9.61. The Morgan fingerprint density at radius 1 is 1.19 bits per heavy atom. The van der Waals surface area contributed by atoms with Gasteiger partial charge < -0.3 is 5.32 Å². The largest absolute Gasteiger partial charge is 0.416 e. The van der Waals surface area contributed by atoms with Gasteiger partial charge in [-0.05, 0) is 43.9 Å². The second-order valence-corrected chi connectivity index (χ2v) is 5.54. The van der Waals surface area contributed by atoms with Gasteiger partial charge >= 0.3 is 6.18 Å². The summed E-state index contributed by atoms with van der Waals surface area (Å²) in [5, 5.41) is 2.52. The molecule has 0 bridgehead atoms. The first-order valence-corrected chi connectivity index (χ1v) is 6.79. The lowest BCUT2D eigenvalue weighted by molar-refractivity contribution is -0.137. The molecule has 0 radical (unpaired) electrons. The van der Waals surface area contributed by atoms with Crippen LogP contribution in [0.5, 0.6) is 0 Å². The topological polar surface area (TPSA) is 29.1 Å². The van der Waals surface area contributed by atoms with Crippen molar-refractivity contribution in [2.24, 2.45) is 5.92 Å². The number of alkyl halides is 3. The van der Waals surface area contributed by atoms with Crippen molar-refractivity contribution < 1.29 is 22.4 Å². The Bertz CT molecular complexity index is 497. The molecule has 0 spiro atoms. The summed E-state index contributed by atoms with van der Waals surface area (Å²) in [5.41, 5.74) is -1.62. The van der Waals surface area contributed by atoms with Gasteiger partial charge in [-0.2, -0.15) is 13.2 Å². The highest BCUT2D eigenvalue weighted by Crippen LogP contribution is 2.30. The van der Waals surface area contributed by atoms with Crippen LogP contribution in [0.25, 0.3) is 0 Å². The molecule has 0 aliphatic rings. The van der Waals surface area contributed by atoms with E-state index < -0.39 is 29.0 Å². The summed E-state index contributed by atoms with van der Waals surface area (Å²) in [4.78, 5) is 11.9. The van der Waals surface area contributed by atoms with E-state index in [0.29, 0.717) is 30.5 Å². The molecule has 0 heterocycles. The van der Waals surface area contributed by atoms with E-state index in [9.17, 15) is 22.4 Å². The minimum Gasteiger partial charge on any atom is -0.349 e. The standard InChI is InChI=1S/C15H19F4NO/c1-9(2)4-5-10(3)20-14(21)12-8-11(15(17,18)19)6-7-13(12)16/h6-10H,4-5H2,1-3H3,(H,20,21). The number of halogens is 4. The normalized spacial score (nSPS) is 13.3. The van der Waals surface area contributed by atoms with E-state index in [2.05, 4.69) is 5.32 Å². The molecule has 1 aromatic carbocycles. The van der Waals surface area contributed by atoms with Crippen LogP contribution in [0, 0.1) is 11.7 Å². The number of carbonyl (C=O) groups is 1. The Kier molecular flexibility index (Phi) is 5.75. The van der Waals surface area contributed by atoms with Crippen molar-refractivity contribution in [3.63, 3.8) is 0 Å². The molecular weight excluding hydrogens is 286 g/mol. The SMILES string of the molecule is CC(C)CCC(C)NC(=O)c1cc(C(F)(F)F)ccc1F. The zero-order valence-corrected chi connectivity index (χ0v) is 12.2. The third-order valence-corrected chi connectivity index (χ3v) is 3.09. The van der Waals surface area contributed by atoms with E-state index in [1.165, 1.54) is 0 Å².